The van der Waals surface area contributed by atoms with Gasteiger partial charge in [-0.3, -0.25) is 18.6 Å². The smallest absolute Gasteiger partial charge is 0.463 e. The number of nitrogens with one attached hydrogen (secondary N) is 1. The van der Waals surface area contributed by atoms with Crippen LogP contribution in [0.4, 0.5) is 0 Å². The zero-order valence-corrected chi connectivity index (χ0v) is 31.8. The molecule has 0 aromatic heterocycles. The van der Waals surface area contributed by atoms with Crippen molar-refractivity contribution in [3.63, 3.8) is 0 Å². The topological polar surface area (TPSA) is 131 Å². The maximum atomic E-state index is 12.0. The van der Waals surface area contributed by atoms with Crippen LogP contribution in [-0.2, 0) is 27.9 Å². The molecule has 0 aromatic carbocycles. The first kappa shape index (κ1) is 47.0. The van der Waals surface area contributed by atoms with Gasteiger partial charge < -0.3 is 20.1 Å². The van der Waals surface area contributed by atoms with Gasteiger partial charge in [0.15, 0.2) is 0 Å². The molecule has 2 unspecified atom stereocenters. The molecule has 0 aliphatic carbocycles. The number of unbranched alkanes of at least 4 members (excludes halogenated alkanes) is 14. The first-order valence-electron chi connectivity index (χ1n) is 19.1. The highest BCUT2D eigenvalue weighted by atomic mass is 31.2. The number of hydrogen-bond acceptors (Lipinski definition) is 7. The van der Waals surface area contributed by atoms with E-state index in [1.807, 2.05) is 0 Å². The van der Waals surface area contributed by atoms with Crippen molar-refractivity contribution in [2.45, 2.75) is 161 Å². The zero-order chi connectivity index (χ0) is 36.1. The van der Waals surface area contributed by atoms with E-state index in [1.165, 1.54) is 77.0 Å². The van der Waals surface area contributed by atoms with Gasteiger partial charge in [0, 0.05) is 19.4 Å². The number of phosphoric acid groups is 1. The zero-order valence-electron chi connectivity index (χ0n) is 30.9. The van der Waals surface area contributed by atoms with Gasteiger partial charge in [-0.05, 0) is 51.4 Å². The normalized spacial score (nSPS) is 14.0. The summed E-state index contributed by atoms with van der Waals surface area (Å²) < 4.78 is 26.7. The molecule has 0 aliphatic heterocycles. The fourth-order valence-electron chi connectivity index (χ4n) is 4.84. The van der Waals surface area contributed by atoms with Gasteiger partial charge in [0.25, 0.3) is 0 Å². The molecule has 2 atom stereocenters. The van der Waals surface area contributed by atoms with Crippen molar-refractivity contribution in [2.24, 2.45) is 0 Å². The summed E-state index contributed by atoms with van der Waals surface area (Å²) in [5.74, 6) is -0.577. The van der Waals surface area contributed by atoms with Gasteiger partial charge in [-0.1, -0.05) is 140 Å². The lowest BCUT2D eigenvalue weighted by atomic mass is 10.1. The number of carbonyl (C=O) groups excluding carboxylic acids is 2. The SMILES string of the molecule is CCCCC/C=C\C/C=C\C/C=C\C/C=C\CCCC(=O)NCCOP(=O)(O)OCC(O)COC(=O)CCCCCCCCCCCCC. The van der Waals surface area contributed by atoms with Crippen LogP contribution in [0.3, 0.4) is 0 Å². The minimum Gasteiger partial charge on any atom is -0.463 e. The largest absolute Gasteiger partial charge is 0.472 e. The van der Waals surface area contributed by atoms with Crippen molar-refractivity contribution < 1.29 is 37.9 Å². The fourth-order valence-corrected chi connectivity index (χ4v) is 5.60. The summed E-state index contributed by atoms with van der Waals surface area (Å²) in [4.78, 5) is 33.7. The van der Waals surface area contributed by atoms with E-state index in [9.17, 15) is 24.2 Å². The molecule has 10 heteroatoms. The van der Waals surface area contributed by atoms with Crippen molar-refractivity contribution in [3.05, 3.63) is 48.6 Å². The molecule has 9 nitrogen and oxygen atoms in total. The van der Waals surface area contributed by atoms with Gasteiger partial charge in [-0.25, -0.2) is 4.57 Å². The second-order valence-electron chi connectivity index (χ2n) is 12.6. The molecule has 0 rings (SSSR count). The van der Waals surface area contributed by atoms with Crippen LogP contribution in [0.25, 0.3) is 0 Å². The Bertz CT molecular complexity index is 949. The van der Waals surface area contributed by atoms with E-state index in [-0.39, 0.29) is 32.1 Å². The van der Waals surface area contributed by atoms with Gasteiger partial charge >= 0.3 is 13.8 Å². The van der Waals surface area contributed by atoms with Crippen molar-refractivity contribution in [3.8, 4) is 0 Å². The van der Waals surface area contributed by atoms with Gasteiger partial charge in [0.1, 0.15) is 12.7 Å². The molecule has 0 saturated carbocycles. The Morgan fingerprint density at radius 1 is 0.633 bits per heavy atom. The number of carbonyl (C=O) groups is 2. The average Bonchev–Trinajstić information content (AvgIpc) is 3.08. The molecule has 0 aromatic rings. The predicted octanol–water partition coefficient (Wildman–Crippen LogP) is 9.99. The number of esters is 1. The number of aliphatic hydroxyl groups excluding tert-OH is 1. The Morgan fingerprint density at radius 3 is 1.69 bits per heavy atom. The van der Waals surface area contributed by atoms with Crippen LogP contribution in [0, 0.1) is 0 Å². The second-order valence-corrected chi connectivity index (χ2v) is 14.0. The summed E-state index contributed by atoms with van der Waals surface area (Å²) >= 11 is 0. The Labute approximate surface area is 298 Å². The van der Waals surface area contributed by atoms with Gasteiger partial charge in [0.05, 0.1) is 13.2 Å². The first-order chi connectivity index (χ1) is 23.8. The van der Waals surface area contributed by atoms with Crippen LogP contribution in [0.15, 0.2) is 48.6 Å². The molecule has 1 amide bonds. The molecule has 284 valence electrons. The number of phosphoric ester groups is 1. The second kappa shape index (κ2) is 35.8. The van der Waals surface area contributed by atoms with Crippen molar-refractivity contribution in [1.29, 1.82) is 0 Å². The van der Waals surface area contributed by atoms with Crippen LogP contribution in [0.1, 0.15) is 155 Å². The number of hydrogen-bond donors (Lipinski definition) is 3. The molecule has 3 N–H and O–H groups in total. The van der Waals surface area contributed by atoms with Crippen LogP contribution in [0.5, 0.6) is 0 Å². The third kappa shape index (κ3) is 37.1. The van der Waals surface area contributed by atoms with E-state index in [0.29, 0.717) is 12.8 Å². The molecular weight excluding hydrogens is 641 g/mol. The summed E-state index contributed by atoms with van der Waals surface area (Å²) in [7, 11) is -4.42. The van der Waals surface area contributed by atoms with Crippen molar-refractivity contribution in [1.82, 2.24) is 5.32 Å². The molecule has 0 radical (unpaired) electrons. The Balaban J connectivity index is 3.72. The maximum absolute atomic E-state index is 12.0. The van der Waals surface area contributed by atoms with Crippen molar-refractivity contribution in [2.75, 3.05) is 26.4 Å². The Morgan fingerprint density at radius 2 is 1.12 bits per heavy atom. The molecule has 0 heterocycles. The van der Waals surface area contributed by atoms with Crippen LogP contribution < -0.4 is 5.32 Å². The maximum Gasteiger partial charge on any atom is 0.472 e. The van der Waals surface area contributed by atoms with Crippen LogP contribution in [-0.4, -0.2) is 54.3 Å². The molecule has 0 aliphatic rings. The number of aliphatic hydroxyl groups is 1. The summed E-state index contributed by atoms with van der Waals surface area (Å²) in [5, 5.41) is 12.6. The third-order valence-corrected chi connectivity index (χ3v) is 8.75. The van der Waals surface area contributed by atoms with E-state index in [4.69, 9.17) is 13.8 Å². The quantitative estimate of drug-likeness (QED) is 0.0256. The Kier molecular flexibility index (Phi) is 34.3. The highest BCUT2D eigenvalue weighted by Gasteiger charge is 2.23. The van der Waals surface area contributed by atoms with E-state index >= 15 is 0 Å². The van der Waals surface area contributed by atoms with Gasteiger partial charge in [-0.15, -0.1) is 0 Å². The Hall–Kier alpha value is -2.03. The molecule has 0 fully saturated rings. The number of allylic oxidation sites excluding steroid dienone is 8. The average molecular weight is 712 g/mol. The van der Waals surface area contributed by atoms with Crippen LogP contribution in [0.2, 0.25) is 0 Å². The van der Waals surface area contributed by atoms with Gasteiger partial charge in [0.2, 0.25) is 5.91 Å². The van der Waals surface area contributed by atoms with E-state index in [0.717, 1.165) is 44.9 Å². The predicted molar refractivity (Wildman–Crippen MR) is 201 cm³/mol. The summed E-state index contributed by atoms with van der Waals surface area (Å²) in [5.41, 5.74) is 0. The lowest BCUT2D eigenvalue weighted by molar-refractivity contribution is -0.147. The summed E-state index contributed by atoms with van der Waals surface area (Å²) in [6, 6.07) is 0. The molecule has 49 heavy (non-hydrogen) atoms. The molecular formula is C39H70NO8P. The minimum absolute atomic E-state index is 0.0519. The molecule has 0 spiro atoms. The van der Waals surface area contributed by atoms with E-state index in [1.54, 1.807) is 0 Å². The number of rotatable bonds is 35. The standard InChI is InChI=1S/C39H70NO8P/c1-3-5-7-9-11-13-15-16-17-18-19-20-22-23-25-27-29-31-38(42)40-33-34-47-49(44,45)48-36-37(41)35-46-39(43)32-30-28-26-24-21-14-12-10-8-6-4-2/h11,13,16-17,19-20,23,25,37,41H,3-10,12,14-15,18,21-22,24,26-36H2,1-2H3,(H,40,42)(H,44,45)/b13-11-,17-16-,20-19-,25-23-. The molecule has 0 saturated heterocycles. The van der Waals surface area contributed by atoms with E-state index < -0.39 is 26.5 Å². The van der Waals surface area contributed by atoms with Crippen molar-refractivity contribution >= 4 is 19.7 Å². The number of amides is 1. The minimum atomic E-state index is -4.42. The summed E-state index contributed by atoms with van der Waals surface area (Å²) in [6.07, 6.45) is 39.0. The fraction of sp³-hybridized carbons (Fsp3) is 0.744. The molecule has 0 bridgehead atoms. The highest BCUT2D eigenvalue weighted by Crippen LogP contribution is 2.42. The van der Waals surface area contributed by atoms with Gasteiger partial charge in [-0.2, -0.15) is 0 Å². The lowest BCUT2D eigenvalue weighted by Crippen LogP contribution is -2.27. The highest BCUT2D eigenvalue weighted by molar-refractivity contribution is 7.47. The first-order valence-corrected chi connectivity index (χ1v) is 20.6. The summed E-state index contributed by atoms with van der Waals surface area (Å²) in [6.45, 7) is 3.43. The van der Waals surface area contributed by atoms with Crippen LogP contribution >= 0.6 is 7.82 Å². The number of ether oxygens (including phenoxy) is 1. The van der Waals surface area contributed by atoms with E-state index in [2.05, 4.69) is 67.8 Å². The third-order valence-electron chi connectivity index (χ3n) is 7.76. The lowest BCUT2D eigenvalue weighted by Gasteiger charge is -2.15. The monoisotopic (exact) mass is 711 g/mol.